The number of benzene rings is 2. The number of para-hydroxylation sites is 1. The molecule has 0 fully saturated rings. The average Bonchev–Trinajstić information content (AvgIpc) is 2.81. The normalized spacial score (nSPS) is 16.8. The van der Waals surface area contributed by atoms with Gasteiger partial charge in [0.2, 0.25) is 0 Å². The molecule has 19 heavy (non-hydrogen) atoms. The molecule has 1 N–H and O–H groups in total. The first-order chi connectivity index (χ1) is 9.24. The van der Waals surface area contributed by atoms with Crippen LogP contribution in [0.3, 0.4) is 0 Å². The maximum Gasteiger partial charge on any atom is 0.147 e. The van der Waals surface area contributed by atoms with Crippen molar-refractivity contribution in [2.45, 2.75) is 5.92 Å². The van der Waals surface area contributed by atoms with E-state index in [2.05, 4.69) is 5.32 Å². The van der Waals surface area contributed by atoms with Gasteiger partial charge in [-0.1, -0.05) is 29.8 Å². The third kappa shape index (κ3) is 2.51. The number of rotatable bonds is 3. The fraction of sp³-hybridized carbons (Fsp3) is 0.200. The molecule has 0 spiro atoms. The van der Waals surface area contributed by atoms with Crippen molar-refractivity contribution in [1.82, 2.24) is 0 Å². The molecule has 1 unspecified atom stereocenters. The van der Waals surface area contributed by atoms with Crippen LogP contribution in [0.2, 0.25) is 5.02 Å². The van der Waals surface area contributed by atoms with Gasteiger partial charge in [0.25, 0.3) is 0 Å². The summed E-state index contributed by atoms with van der Waals surface area (Å²) >= 11 is 5.72. The van der Waals surface area contributed by atoms with Crippen LogP contribution < -0.4 is 10.1 Å². The summed E-state index contributed by atoms with van der Waals surface area (Å²) in [6.07, 6.45) is 0. The Morgan fingerprint density at radius 1 is 1.26 bits per heavy atom. The van der Waals surface area contributed by atoms with Gasteiger partial charge in [-0.3, -0.25) is 0 Å². The summed E-state index contributed by atoms with van der Waals surface area (Å²) in [6, 6.07) is 12.6. The lowest BCUT2D eigenvalue weighted by Crippen LogP contribution is -2.14. The zero-order chi connectivity index (χ0) is 13.2. The monoisotopic (exact) mass is 277 g/mol. The van der Waals surface area contributed by atoms with Crippen LogP contribution in [0.5, 0.6) is 5.75 Å². The highest BCUT2D eigenvalue weighted by Gasteiger charge is 2.23. The van der Waals surface area contributed by atoms with Crippen LogP contribution in [0.15, 0.2) is 42.5 Å². The van der Waals surface area contributed by atoms with E-state index in [1.807, 2.05) is 24.3 Å². The zero-order valence-corrected chi connectivity index (χ0v) is 11.0. The van der Waals surface area contributed by atoms with Gasteiger partial charge in [0.05, 0.1) is 12.3 Å². The van der Waals surface area contributed by atoms with Crippen molar-refractivity contribution >= 4 is 17.3 Å². The van der Waals surface area contributed by atoms with Crippen molar-refractivity contribution in [3.8, 4) is 5.75 Å². The summed E-state index contributed by atoms with van der Waals surface area (Å²) in [6.45, 7) is 1.26. The molecule has 98 valence electrons. The Bertz CT molecular complexity index is 602. The van der Waals surface area contributed by atoms with Crippen LogP contribution >= 0.6 is 11.6 Å². The molecule has 0 bridgehead atoms. The molecule has 1 aliphatic rings. The number of hydrogen-bond donors (Lipinski definition) is 1. The van der Waals surface area contributed by atoms with Gasteiger partial charge < -0.3 is 10.1 Å². The van der Waals surface area contributed by atoms with Crippen molar-refractivity contribution in [2.75, 3.05) is 18.5 Å². The summed E-state index contributed by atoms with van der Waals surface area (Å²) in [5, 5.41) is 3.51. The molecule has 4 heteroatoms. The summed E-state index contributed by atoms with van der Waals surface area (Å²) < 4.78 is 19.2. The molecule has 2 aromatic carbocycles. The summed E-state index contributed by atoms with van der Waals surface area (Å²) in [4.78, 5) is 0. The predicted octanol–water partition coefficient (Wildman–Crippen LogP) is 4.07. The number of nitrogens with one attached hydrogen (secondary N) is 1. The van der Waals surface area contributed by atoms with E-state index >= 15 is 0 Å². The maximum atomic E-state index is 13.6. The fourth-order valence-electron chi connectivity index (χ4n) is 2.26. The smallest absolute Gasteiger partial charge is 0.147 e. The fourth-order valence-corrected chi connectivity index (χ4v) is 2.42. The van der Waals surface area contributed by atoms with Crippen molar-refractivity contribution in [1.29, 1.82) is 0 Å². The van der Waals surface area contributed by atoms with Crippen LogP contribution in [0.1, 0.15) is 11.5 Å². The highest BCUT2D eigenvalue weighted by Crippen LogP contribution is 2.33. The van der Waals surface area contributed by atoms with Crippen LogP contribution in [-0.4, -0.2) is 13.2 Å². The maximum absolute atomic E-state index is 13.6. The number of fused-ring (bicyclic) bond motifs is 1. The van der Waals surface area contributed by atoms with Gasteiger partial charge in [-0.15, -0.1) is 0 Å². The third-order valence-electron chi connectivity index (χ3n) is 3.27. The average molecular weight is 278 g/mol. The standard InChI is InChI=1S/C15H13ClFNO/c16-11-5-6-14(13(17)7-11)18-8-10-9-19-15-4-2-1-3-12(10)15/h1-7,10,18H,8-9H2. The van der Waals surface area contributed by atoms with Crippen molar-refractivity contribution in [2.24, 2.45) is 0 Å². The molecular formula is C15H13ClFNO. The second kappa shape index (κ2) is 5.10. The molecular weight excluding hydrogens is 265 g/mol. The molecule has 1 aliphatic heterocycles. The van der Waals surface area contributed by atoms with E-state index in [-0.39, 0.29) is 11.7 Å². The van der Waals surface area contributed by atoms with E-state index in [1.165, 1.54) is 11.6 Å². The van der Waals surface area contributed by atoms with Crippen LogP contribution in [-0.2, 0) is 0 Å². The van der Waals surface area contributed by atoms with E-state index in [0.717, 1.165) is 5.75 Å². The summed E-state index contributed by atoms with van der Waals surface area (Å²) in [5.41, 5.74) is 1.64. The van der Waals surface area contributed by atoms with Gasteiger partial charge in [-0.2, -0.15) is 0 Å². The third-order valence-corrected chi connectivity index (χ3v) is 3.50. The Morgan fingerprint density at radius 2 is 2.11 bits per heavy atom. The minimum atomic E-state index is -0.334. The van der Waals surface area contributed by atoms with E-state index < -0.39 is 0 Å². The quantitative estimate of drug-likeness (QED) is 0.913. The molecule has 3 rings (SSSR count). The topological polar surface area (TPSA) is 21.3 Å². The Morgan fingerprint density at radius 3 is 2.95 bits per heavy atom. The van der Waals surface area contributed by atoms with Crippen LogP contribution in [0, 0.1) is 5.82 Å². The molecule has 0 aromatic heterocycles. The first-order valence-electron chi connectivity index (χ1n) is 6.14. The lowest BCUT2D eigenvalue weighted by Gasteiger charge is -2.12. The molecule has 0 saturated carbocycles. The molecule has 0 radical (unpaired) electrons. The van der Waals surface area contributed by atoms with Crippen LogP contribution in [0.4, 0.5) is 10.1 Å². The minimum absolute atomic E-state index is 0.242. The van der Waals surface area contributed by atoms with Crippen molar-refractivity contribution in [3.63, 3.8) is 0 Å². The number of hydrogen-bond acceptors (Lipinski definition) is 2. The van der Waals surface area contributed by atoms with Gasteiger partial charge in [0.15, 0.2) is 0 Å². The zero-order valence-electron chi connectivity index (χ0n) is 10.2. The van der Waals surface area contributed by atoms with Gasteiger partial charge in [-0.25, -0.2) is 4.39 Å². The molecule has 1 heterocycles. The molecule has 2 aromatic rings. The number of anilines is 1. The van der Waals surface area contributed by atoms with Crippen molar-refractivity contribution < 1.29 is 9.13 Å². The second-order valence-corrected chi connectivity index (χ2v) is 4.99. The summed E-state index contributed by atoms with van der Waals surface area (Å²) in [7, 11) is 0. The molecule has 0 aliphatic carbocycles. The lowest BCUT2D eigenvalue weighted by atomic mass is 10.0. The van der Waals surface area contributed by atoms with E-state index in [1.54, 1.807) is 12.1 Å². The first kappa shape index (κ1) is 12.3. The van der Waals surface area contributed by atoms with E-state index in [0.29, 0.717) is 23.9 Å². The van der Waals surface area contributed by atoms with Gasteiger partial charge in [0, 0.05) is 23.0 Å². The Kier molecular flexibility index (Phi) is 3.30. The highest BCUT2D eigenvalue weighted by molar-refractivity contribution is 6.30. The molecule has 0 amide bonds. The largest absolute Gasteiger partial charge is 0.493 e. The van der Waals surface area contributed by atoms with Crippen molar-refractivity contribution in [3.05, 3.63) is 58.9 Å². The highest BCUT2D eigenvalue weighted by atomic mass is 35.5. The van der Waals surface area contributed by atoms with E-state index in [4.69, 9.17) is 16.3 Å². The second-order valence-electron chi connectivity index (χ2n) is 4.55. The molecule has 1 atom stereocenters. The Balaban J connectivity index is 1.71. The number of ether oxygens (including phenoxy) is 1. The minimum Gasteiger partial charge on any atom is -0.493 e. The van der Waals surface area contributed by atoms with E-state index in [9.17, 15) is 4.39 Å². The Hall–Kier alpha value is -1.74. The lowest BCUT2D eigenvalue weighted by molar-refractivity contribution is 0.334. The molecule has 2 nitrogen and oxygen atoms in total. The summed E-state index contributed by atoms with van der Waals surface area (Å²) in [5.74, 6) is 0.830. The van der Waals surface area contributed by atoms with Gasteiger partial charge >= 0.3 is 0 Å². The van der Waals surface area contributed by atoms with Gasteiger partial charge in [0.1, 0.15) is 11.6 Å². The first-order valence-corrected chi connectivity index (χ1v) is 6.52. The van der Waals surface area contributed by atoms with Gasteiger partial charge in [-0.05, 0) is 24.3 Å². The van der Waals surface area contributed by atoms with Crippen LogP contribution in [0.25, 0.3) is 0 Å². The number of halogens is 2. The molecule has 0 saturated heterocycles. The predicted molar refractivity (Wildman–Crippen MR) is 74.6 cm³/mol. The Labute approximate surface area is 116 Å². The SMILES string of the molecule is Fc1cc(Cl)ccc1NCC1COc2ccccc21.